The summed E-state index contributed by atoms with van der Waals surface area (Å²) in [6.45, 7) is 1.99. The van der Waals surface area contributed by atoms with Gasteiger partial charge in [-0.15, -0.1) is 0 Å². The van der Waals surface area contributed by atoms with Gasteiger partial charge in [-0.2, -0.15) is 0 Å². The fourth-order valence-corrected chi connectivity index (χ4v) is 1.80. The molecule has 20 heavy (non-hydrogen) atoms. The van der Waals surface area contributed by atoms with Gasteiger partial charge < -0.3 is 9.73 Å². The van der Waals surface area contributed by atoms with E-state index in [4.69, 9.17) is 16.6 Å². The van der Waals surface area contributed by atoms with Crippen LogP contribution in [-0.2, 0) is 4.79 Å². The monoisotopic (exact) mass is 286 g/mol. The molecular formula is C15H14N2O2S. The molecule has 0 saturated heterocycles. The second kappa shape index (κ2) is 6.68. The van der Waals surface area contributed by atoms with Gasteiger partial charge in [0.15, 0.2) is 5.11 Å². The Balaban J connectivity index is 1.86. The highest BCUT2D eigenvalue weighted by atomic mass is 32.1. The van der Waals surface area contributed by atoms with Gasteiger partial charge in [-0.1, -0.05) is 12.1 Å². The van der Waals surface area contributed by atoms with Gasteiger partial charge in [-0.3, -0.25) is 10.1 Å². The number of hydrogen-bond donors (Lipinski definition) is 2. The largest absolute Gasteiger partial charge is 0.465 e. The normalized spacial score (nSPS) is 10.4. The number of benzene rings is 1. The van der Waals surface area contributed by atoms with Crippen LogP contribution in [0.5, 0.6) is 0 Å². The molecule has 4 nitrogen and oxygen atoms in total. The molecule has 0 aliphatic rings. The maximum absolute atomic E-state index is 11.6. The van der Waals surface area contributed by atoms with Gasteiger partial charge in [0, 0.05) is 11.8 Å². The number of aryl methyl sites for hydroxylation is 1. The molecule has 1 amide bonds. The zero-order valence-electron chi connectivity index (χ0n) is 10.9. The van der Waals surface area contributed by atoms with Gasteiger partial charge >= 0.3 is 0 Å². The van der Waals surface area contributed by atoms with Crippen LogP contribution >= 0.6 is 12.2 Å². The molecule has 0 aliphatic carbocycles. The lowest BCUT2D eigenvalue weighted by atomic mass is 10.2. The second-order valence-electron chi connectivity index (χ2n) is 4.16. The van der Waals surface area contributed by atoms with Crippen LogP contribution in [0, 0.1) is 6.92 Å². The smallest absolute Gasteiger partial charge is 0.250 e. The van der Waals surface area contributed by atoms with E-state index < -0.39 is 0 Å². The Kier molecular flexibility index (Phi) is 4.68. The van der Waals surface area contributed by atoms with Gasteiger partial charge in [0.2, 0.25) is 5.91 Å². The molecule has 0 atom stereocenters. The van der Waals surface area contributed by atoms with Crippen molar-refractivity contribution in [3.63, 3.8) is 0 Å². The molecule has 1 heterocycles. The van der Waals surface area contributed by atoms with E-state index in [2.05, 4.69) is 10.6 Å². The van der Waals surface area contributed by atoms with E-state index in [0.717, 1.165) is 11.3 Å². The van der Waals surface area contributed by atoms with E-state index in [0.29, 0.717) is 5.76 Å². The maximum atomic E-state index is 11.6. The van der Waals surface area contributed by atoms with Crippen LogP contribution in [-0.4, -0.2) is 11.0 Å². The second-order valence-corrected chi connectivity index (χ2v) is 4.57. The van der Waals surface area contributed by atoms with Crippen molar-refractivity contribution in [2.24, 2.45) is 0 Å². The molecule has 1 aromatic carbocycles. The van der Waals surface area contributed by atoms with Gasteiger partial charge in [0.05, 0.1) is 6.26 Å². The van der Waals surface area contributed by atoms with E-state index in [1.54, 1.807) is 24.5 Å². The Morgan fingerprint density at radius 1 is 1.30 bits per heavy atom. The van der Waals surface area contributed by atoms with E-state index in [-0.39, 0.29) is 11.0 Å². The zero-order valence-corrected chi connectivity index (χ0v) is 11.7. The van der Waals surface area contributed by atoms with Crippen LogP contribution in [0.4, 0.5) is 5.69 Å². The Hall–Kier alpha value is -2.40. The average Bonchev–Trinajstić information content (AvgIpc) is 2.89. The summed E-state index contributed by atoms with van der Waals surface area (Å²) in [7, 11) is 0. The highest BCUT2D eigenvalue weighted by Crippen LogP contribution is 2.09. The molecule has 0 aliphatic heterocycles. The number of thiocarbonyl (C=S) groups is 1. The molecule has 0 spiro atoms. The molecule has 1 aromatic heterocycles. The fourth-order valence-electron chi connectivity index (χ4n) is 1.58. The summed E-state index contributed by atoms with van der Waals surface area (Å²) >= 11 is 5.07. The zero-order chi connectivity index (χ0) is 14.4. The first kappa shape index (κ1) is 14.0. The predicted molar refractivity (Wildman–Crippen MR) is 83.3 cm³/mol. The fraction of sp³-hybridized carbons (Fsp3) is 0.0667. The molecular weight excluding hydrogens is 272 g/mol. The van der Waals surface area contributed by atoms with Gasteiger partial charge in [0.1, 0.15) is 5.76 Å². The first-order chi connectivity index (χ1) is 9.63. The lowest BCUT2D eigenvalue weighted by Crippen LogP contribution is -2.32. The van der Waals surface area contributed by atoms with Crippen molar-refractivity contribution < 1.29 is 9.21 Å². The van der Waals surface area contributed by atoms with Crippen molar-refractivity contribution in [2.75, 3.05) is 5.32 Å². The Bertz CT molecular complexity index is 633. The minimum absolute atomic E-state index is 0.254. The van der Waals surface area contributed by atoms with E-state index in [1.165, 1.54) is 6.08 Å². The summed E-state index contributed by atoms with van der Waals surface area (Å²) < 4.78 is 5.08. The van der Waals surface area contributed by atoms with Crippen LogP contribution in [0.1, 0.15) is 11.3 Å². The highest BCUT2D eigenvalue weighted by molar-refractivity contribution is 7.80. The molecule has 0 radical (unpaired) electrons. The first-order valence-electron chi connectivity index (χ1n) is 6.04. The van der Waals surface area contributed by atoms with E-state index >= 15 is 0 Å². The predicted octanol–water partition coefficient (Wildman–Crippen LogP) is 3.11. The number of anilines is 1. The van der Waals surface area contributed by atoms with Crippen LogP contribution in [0.25, 0.3) is 6.08 Å². The summed E-state index contributed by atoms with van der Waals surface area (Å²) in [4.78, 5) is 11.6. The minimum atomic E-state index is -0.313. The van der Waals surface area contributed by atoms with Crippen molar-refractivity contribution in [2.45, 2.75) is 6.92 Å². The molecule has 0 unspecified atom stereocenters. The Labute approximate surface area is 122 Å². The van der Waals surface area contributed by atoms with Crippen LogP contribution < -0.4 is 10.6 Å². The van der Waals surface area contributed by atoms with Crippen LogP contribution in [0.3, 0.4) is 0 Å². The number of nitrogens with one attached hydrogen (secondary N) is 2. The van der Waals surface area contributed by atoms with Crippen LogP contribution in [0.15, 0.2) is 53.2 Å². The van der Waals surface area contributed by atoms with Crippen molar-refractivity contribution in [3.8, 4) is 0 Å². The first-order valence-corrected chi connectivity index (χ1v) is 6.44. The van der Waals surface area contributed by atoms with Gasteiger partial charge in [0.25, 0.3) is 0 Å². The summed E-state index contributed by atoms with van der Waals surface area (Å²) in [6.07, 6.45) is 4.48. The molecule has 2 N–H and O–H groups in total. The summed E-state index contributed by atoms with van der Waals surface area (Å²) in [5.41, 5.74) is 1.95. The minimum Gasteiger partial charge on any atom is -0.465 e. The van der Waals surface area contributed by atoms with Crippen LogP contribution in [0.2, 0.25) is 0 Å². The summed E-state index contributed by atoms with van der Waals surface area (Å²) in [5, 5.41) is 5.77. The maximum Gasteiger partial charge on any atom is 0.250 e. The molecule has 0 fully saturated rings. The number of furan rings is 1. The lowest BCUT2D eigenvalue weighted by Gasteiger charge is -2.08. The lowest BCUT2D eigenvalue weighted by molar-refractivity contribution is -0.115. The standard InChI is InChI=1S/C15H14N2O2S/c1-11-4-2-5-12(10-11)16-15(20)17-14(18)8-7-13-6-3-9-19-13/h2-10H,1H3,(H2,16,17,18,20)/b8-7+. The molecule has 5 heteroatoms. The van der Waals surface area contributed by atoms with Gasteiger partial charge in [-0.25, -0.2) is 0 Å². The number of carbonyl (C=O) groups is 1. The topological polar surface area (TPSA) is 54.3 Å². The highest BCUT2D eigenvalue weighted by Gasteiger charge is 2.02. The molecule has 2 aromatic rings. The number of amides is 1. The van der Waals surface area contributed by atoms with Crippen molar-refractivity contribution in [1.82, 2.24) is 5.32 Å². The third-order valence-corrected chi connectivity index (χ3v) is 2.66. The van der Waals surface area contributed by atoms with E-state index in [9.17, 15) is 4.79 Å². The third kappa shape index (κ3) is 4.37. The molecule has 0 saturated carbocycles. The number of hydrogen-bond acceptors (Lipinski definition) is 3. The Morgan fingerprint density at radius 2 is 2.15 bits per heavy atom. The van der Waals surface area contributed by atoms with Gasteiger partial charge in [-0.05, 0) is 55.0 Å². The molecule has 0 bridgehead atoms. The van der Waals surface area contributed by atoms with Crippen molar-refractivity contribution in [1.29, 1.82) is 0 Å². The van der Waals surface area contributed by atoms with Crippen molar-refractivity contribution in [3.05, 3.63) is 60.1 Å². The Morgan fingerprint density at radius 3 is 2.85 bits per heavy atom. The summed E-state index contributed by atoms with van der Waals surface area (Å²) in [6, 6.07) is 11.2. The average molecular weight is 286 g/mol. The third-order valence-electron chi connectivity index (χ3n) is 2.45. The quantitative estimate of drug-likeness (QED) is 0.672. The van der Waals surface area contributed by atoms with E-state index in [1.807, 2.05) is 31.2 Å². The SMILES string of the molecule is Cc1cccc(NC(=S)NC(=O)/C=C/c2ccco2)c1. The molecule has 2 rings (SSSR count). The molecule has 102 valence electrons. The summed E-state index contributed by atoms with van der Waals surface area (Å²) in [5.74, 6) is 0.296. The number of rotatable bonds is 3. The van der Waals surface area contributed by atoms with Crippen molar-refractivity contribution >= 4 is 35.0 Å². The number of carbonyl (C=O) groups excluding carboxylic acids is 1.